The lowest BCUT2D eigenvalue weighted by Gasteiger charge is -2.18. The Kier molecular flexibility index (Phi) is 5.87. The van der Waals surface area contributed by atoms with Crippen molar-refractivity contribution in [1.29, 1.82) is 0 Å². The molecular weight excluding hydrogens is 356 g/mol. The van der Waals surface area contributed by atoms with E-state index in [0.29, 0.717) is 33.8 Å². The van der Waals surface area contributed by atoms with Crippen molar-refractivity contribution in [2.75, 3.05) is 14.2 Å². The zero-order valence-electron chi connectivity index (χ0n) is 16.6. The van der Waals surface area contributed by atoms with E-state index in [-0.39, 0.29) is 23.9 Å². The number of para-hydroxylation sites is 1. The zero-order valence-corrected chi connectivity index (χ0v) is 16.6. The van der Waals surface area contributed by atoms with E-state index < -0.39 is 0 Å². The molecule has 0 spiro atoms. The molecular formula is C22H25N2O4. The van der Waals surface area contributed by atoms with E-state index in [4.69, 9.17) is 9.47 Å². The van der Waals surface area contributed by atoms with E-state index in [1.807, 2.05) is 19.9 Å². The quantitative estimate of drug-likeness (QED) is 0.772. The normalized spacial score (nSPS) is 13.2. The number of rotatable bonds is 7. The van der Waals surface area contributed by atoms with Gasteiger partial charge in [0.15, 0.2) is 0 Å². The van der Waals surface area contributed by atoms with E-state index in [2.05, 4.69) is 16.7 Å². The lowest BCUT2D eigenvalue weighted by molar-refractivity contribution is 0.0935. The van der Waals surface area contributed by atoms with E-state index in [9.17, 15) is 9.59 Å². The van der Waals surface area contributed by atoms with Crippen LogP contribution >= 0.6 is 0 Å². The second-order valence-corrected chi connectivity index (χ2v) is 7.06. The summed E-state index contributed by atoms with van der Waals surface area (Å²) in [5.41, 5.74) is 2.07. The molecule has 0 heterocycles. The van der Waals surface area contributed by atoms with Gasteiger partial charge >= 0.3 is 0 Å². The molecule has 1 aliphatic carbocycles. The summed E-state index contributed by atoms with van der Waals surface area (Å²) in [5.74, 6) is 0.321. The summed E-state index contributed by atoms with van der Waals surface area (Å²) in [6.45, 7) is 3.79. The van der Waals surface area contributed by atoms with Crippen LogP contribution in [-0.2, 0) is 0 Å². The summed E-state index contributed by atoms with van der Waals surface area (Å²) in [4.78, 5) is 25.5. The molecule has 28 heavy (non-hydrogen) atoms. The van der Waals surface area contributed by atoms with Crippen LogP contribution in [0.4, 0.5) is 0 Å². The van der Waals surface area contributed by atoms with Gasteiger partial charge in [-0.15, -0.1) is 0 Å². The smallest absolute Gasteiger partial charge is 0.255 e. The number of carbonyl (C=O) groups excluding carboxylic acids is 2. The second kappa shape index (κ2) is 8.33. The summed E-state index contributed by atoms with van der Waals surface area (Å²) in [6.07, 6.45) is 1.96. The van der Waals surface area contributed by atoms with Gasteiger partial charge in [-0.25, -0.2) is 0 Å². The molecule has 1 aliphatic rings. The number of nitrogens with one attached hydrogen (secondary N) is 2. The van der Waals surface area contributed by atoms with Crippen LogP contribution < -0.4 is 20.1 Å². The molecule has 3 rings (SSSR count). The Bertz CT molecular complexity index is 888. The number of hydrogen-bond donors (Lipinski definition) is 2. The molecule has 2 aromatic carbocycles. The Morgan fingerprint density at radius 2 is 1.82 bits per heavy atom. The van der Waals surface area contributed by atoms with Crippen molar-refractivity contribution >= 4 is 11.8 Å². The van der Waals surface area contributed by atoms with Gasteiger partial charge in [0.2, 0.25) is 0 Å². The molecule has 2 amide bonds. The number of hydrogen-bond acceptors (Lipinski definition) is 4. The first-order valence-electron chi connectivity index (χ1n) is 9.34. The van der Waals surface area contributed by atoms with Gasteiger partial charge in [0.05, 0.1) is 25.3 Å². The summed E-state index contributed by atoms with van der Waals surface area (Å²) >= 11 is 0. The van der Waals surface area contributed by atoms with Crippen LogP contribution in [0.25, 0.3) is 11.1 Å². The topological polar surface area (TPSA) is 76.7 Å². The van der Waals surface area contributed by atoms with E-state index in [1.54, 1.807) is 24.3 Å². The van der Waals surface area contributed by atoms with Gasteiger partial charge in [-0.1, -0.05) is 18.2 Å². The Labute approximate surface area is 165 Å². The second-order valence-electron chi connectivity index (χ2n) is 7.06. The largest absolute Gasteiger partial charge is 0.495 e. The van der Waals surface area contributed by atoms with Gasteiger partial charge < -0.3 is 20.1 Å². The molecule has 0 atom stereocenters. The molecule has 1 saturated carbocycles. The maximum absolute atomic E-state index is 12.9. The number of benzene rings is 2. The van der Waals surface area contributed by atoms with Gasteiger partial charge in [0.1, 0.15) is 11.5 Å². The van der Waals surface area contributed by atoms with Crippen molar-refractivity contribution in [3.05, 3.63) is 47.5 Å². The lowest BCUT2D eigenvalue weighted by Crippen LogP contribution is -2.30. The van der Waals surface area contributed by atoms with Gasteiger partial charge in [-0.3, -0.25) is 9.59 Å². The zero-order chi connectivity index (χ0) is 20.3. The van der Waals surface area contributed by atoms with Crippen LogP contribution in [0.3, 0.4) is 0 Å². The number of methoxy groups -OCH3 is 2. The van der Waals surface area contributed by atoms with Crippen molar-refractivity contribution in [2.24, 2.45) is 0 Å². The fourth-order valence-electron chi connectivity index (χ4n) is 3.06. The van der Waals surface area contributed by atoms with Crippen molar-refractivity contribution in [1.82, 2.24) is 10.6 Å². The van der Waals surface area contributed by atoms with Crippen molar-refractivity contribution in [3.8, 4) is 22.6 Å². The van der Waals surface area contributed by atoms with Crippen LogP contribution in [-0.4, -0.2) is 38.1 Å². The average Bonchev–Trinajstić information content (AvgIpc) is 3.49. The van der Waals surface area contributed by atoms with Crippen molar-refractivity contribution in [2.45, 2.75) is 38.8 Å². The molecule has 0 aromatic heterocycles. The summed E-state index contributed by atoms with van der Waals surface area (Å²) in [7, 11) is 3.02. The monoisotopic (exact) mass is 381 g/mol. The first kappa shape index (κ1) is 19.7. The molecule has 1 fully saturated rings. The van der Waals surface area contributed by atoms with E-state index in [1.165, 1.54) is 14.2 Å². The third-order valence-electron chi connectivity index (χ3n) is 4.48. The highest BCUT2D eigenvalue weighted by Crippen LogP contribution is 2.38. The number of ether oxygens (including phenoxy) is 2. The summed E-state index contributed by atoms with van der Waals surface area (Å²) in [6, 6.07) is 12.0. The molecule has 0 saturated heterocycles. The first-order valence-corrected chi connectivity index (χ1v) is 9.34. The predicted octanol–water partition coefficient (Wildman–Crippen LogP) is 3.20. The van der Waals surface area contributed by atoms with Crippen LogP contribution in [0.1, 0.15) is 47.4 Å². The first-order chi connectivity index (χ1) is 13.5. The molecule has 147 valence electrons. The number of amides is 2. The Morgan fingerprint density at radius 1 is 1.07 bits per heavy atom. The van der Waals surface area contributed by atoms with E-state index in [0.717, 1.165) is 12.8 Å². The van der Waals surface area contributed by atoms with Gasteiger partial charge in [0, 0.05) is 29.3 Å². The van der Waals surface area contributed by atoms with Gasteiger partial charge in [0.25, 0.3) is 11.8 Å². The maximum atomic E-state index is 12.9. The molecule has 6 heteroatoms. The maximum Gasteiger partial charge on any atom is 0.255 e. The third kappa shape index (κ3) is 4.11. The minimum absolute atomic E-state index is 0.00726. The van der Waals surface area contributed by atoms with Crippen LogP contribution in [0, 0.1) is 6.07 Å². The highest BCUT2D eigenvalue weighted by atomic mass is 16.5. The van der Waals surface area contributed by atoms with Gasteiger partial charge in [-0.05, 0) is 38.8 Å². The SMILES string of the molecule is COc1[c]ccc(-c2cccc(C(=O)NC(C)C)c2OC)c1C(=O)NC1CC1. The lowest BCUT2D eigenvalue weighted by atomic mass is 9.95. The van der Waals surface area contributed by atoms with Gasteiger partial charge in [-0.2, -0.15) is 0 Å². The van der Waals surface area contributed by atoms with Crippen LogP contribution in [0.15, 0.2) is 30.3 Å². The molecule has 6 nitrogen and oxygen atoms in total. The minimum Gasteiger partial charge on any atom is -0.495 e. The summed E-state index contributed by atoms with van der Waals surface area (Å²) in [5, 5.41) is 5.87. The Balaban J connectivity index is 2.12. The third-order valence-corrected chi connectivity index (χ3v) is 4.48. The fourth-order valence-corrected chi connectivity index (χ4v) is 3.06. The Hall–Kier alpha value is -3.02. The molecule has 0 bridgehead atoms. The van der Waals surface area contributed by atoms with E-state index >= 15 is 0 Å². The minimum atomic E-state index is -0.229. The fraction of sp³-hybridized carbons (Fsp3) is 0.364. The molecule has 1 radical (unpaired) electrons. The highest BCUT2D eigenvalue weighted by Gasteiger charge is 2.28. The Morgan fingerprint density at radius 3 is 2.43 bits per heavy atom. The van der Waals surface area contributed by atoms with Crippen LogP contribution in [0.5, 0.6) is 11.5 Å². The number of carbonyl (C=O) groups is 2. The predicted molar refractivity (Wildman–Crippen MR) is 107 cm³/mol. The molecule has 2 aromatic rings. The van der Waals surface area contributed by atoms with Crippen molar-refractivity contribution < 1.29 is 19.1 Å². The molecule has 2 N–H and O–H groups in total. The highest BCUT2D eigenvalue weighted by molar-refractivity contribution is 6.06. The standard InChI is InChI=1S/C22H25N2O4/c1-13(2)23-21(25)17-9-5-8-16(20(17)28-4)15-7-6-10-18(27-3)19(15)22(26)24-14-11-12-14/h5-9,13-14H,11-12H2,1-4H3,(H,23,25)(H,24,26). The van der Waals surface area contributed by atoms with Crippen molar-refractivity contribution in [3.63, 3.8) is 0 Å². The average molecular weight is 381 g/mol. The molecule has 0 unspecified atom stereocenters. The molecule has 0 aliphatic heterocycles. The summed E-state index contributed by atoms with van der Waals surface area (Å²) < 4.78 is 11.0. The van der Waals surface area contributed by atoms with Crippen LogP contribution in [0.2, 0.25) is 0 Å².